The first-order chi connectivity index (χ1) is 9.33. The van der Waals surface area contributed by atoms with Crippen molar-refractivity contribution in [3.05, 3.63) is 0 Å². The fourth-order valence-corrected chi connectivity index (χ4v) is 4.11. The van der Waals surface area contributed by atoms with Gasteiger partial charge in [0, 0.05) is 18.6 Å². The third-order valence-electron chi connectivity index (χ3n) is 5.16. The lowest BCUT2D eigenvalue weighted by Crippen LogP contribution is -2.45. The minimum absolute atomic E-state index is 0.778. The molecule has 1 atom stereocenters. The number of hydrogen-bond donors (Lipinski definition) is 1. The van der Waals surface area contributed by atoms with Crippen molar-refractivity contribution < 1.29 is 0 Å². The Morgan fingerprint density at radius 1 is 1.00 bits per heavy atom. The standard InChI is InChI=1S/C17H34N2/c1-3-6-15-8-10-17(11-9-15)19(13-4-2)14-16-7-5-12-18-16/h15-18H,3-14H2,1-2H3. The van der Waals surface area contributed by atoms with E-state index in [4.69, 9.17) is 0 Å². The highest BCUT2D eigenvalue weighted by Gasteiger charge is 2.27. The maximum absolute atomic E-state index is 3.67. The maximum atomic E-state index is 3.67. The van der Waals surface area contributed by atoms with Gasteiger partial charge in [-0.15, -0.1) is 0 Å². The highest BCUT2D eigenvalue weighted by Crippen LogP contribution is 2.30. The molecular weight excluding hydrogens is 232 g/mol. The Bertz CT molecular complexity index is 227. The van der Waals surface area contributed by atoms with Gasteiger partial charge in [0.1, 0.15) is 0 Å². The van der Waals surface area contributed by atoms with Gasteiger partial charge in [0.05, 0.1) is 0 Å². The van der Waals surface area contributed by atoms with Crippen molar-refractivity contribution in [1.82, 2.24) is 10.2 Å². The summed E-state index contributed by atoms with van der Waals surface area (Å²) in [5.41, 5.74) is 0. The number of rotatable bonds is 7. The quantitative estimate of drug-likeness (QED) is 0.754. The molecule has 2 heteroatoms. The van der Waals surface area contributed by atoms with Gasteiger partial charge in [-0.1, -0.05) is 26.7 Å². The lowest BCUT2D eigenvalue weighted by atomic mass is 9.83. The van der Waals surface area contributed by atoms with Crippen LogP contribution in [0.25, 0.3) is 0 Å². The Hall–Kier alpha value is -0.0800. The topological polar surface area (TPSA) is 15.3 Å². The van der Waals surface area contributed by atoms with E-state index in [9.17, 15) is 0 Å². The summed E-state index contributed by atoms with van der Waals surface area (Å²) in [5.74, 6) is 1.04. The van der Waals surface area contributed by atoms with Crippen LogP contribution >= 0.6 is 0 Å². The fraction of sp³-hybridized carbons (Fsp3) is 1.00. The minimum Gasteiger partial charge on any atom is -0.313 e. The first kappa shape index (κ1) is 15.3. The van der Waals surface area contributed by atoms with E-state index in [1.54, 1.807) is 0 Å². The van der Waals surface area contributed by atoms with Gasteiger partial charge in [0.25, 0.3) is 0 Å². The summed E-state index contributed by atoms with van der Waals surface area (Å²) in [6.45, 7) is 8.52. The molecule has 0 radical (unpaired) electrons. The molecule has 1 aliphatic carbocycles. The summed E-state index contributed by atoms with van der Waals surface area (Å²) in [6.07, 6.45) is 12.8. The van der Waals surface area contributed by atoms with Crippen molar-refractivity contribution in [2.24, 2.45) is 5.92 Å². The Morgan fingerprint density at radius 2 is 1.79 bits per heavy atom. The zero-order chi connectivity index (χ0) is 13.5. The van der Waals surface area contributed by atoms with Gasteiger partial charge in [-0.2, -0.15) is 0 Å². The van der Waals surface area contributed by atoms with Gasteiger partial charge < -0.3 is 5.32 Å². The van der Waals surface area contributed by atoms with E-state index in [1.807, 2.05) is 0 Å². The monoisotopic (exact) mass is 266 g/mol. The van der Waals surface area contributed by atoms with Crippen LogP contribution in [-0.2, 0) is 0 Å². The molecule has 2 nitrogen and oxygen atoms in total. The normalized spacial score (nSPS) is 32.1. The molecular formula is C17H34N2. The highest BCUT2D eigenvalue weighted by atomic mass is 15.2. The first-order valence-electron chi connectivity index (χ1n) is 8.80. The van der Waals surface area contributed by atoms with E-state index in [0.29, 0.717) is 0 Å². The maximum Gasteiger partial charge on any atom is 0.0195 e. The van der Waals surface area contributed by atoms with Gasteiger partial charge in [-0.25, -0.2) is 0 Å². The molecule has 1 saturated carbocycles. The Kier molecular flexibility index (Phi) is 6.66. The zero-order valence-corrected chi connectivity index (χ0v) is 13.2. The second-order valence-corrected chi connectivity index (χ2v) is 6.75. The summed E-state index contributed by atoms with van der Waals surface area (Å²) < 4.78 is 0. The molecule has 2 rings (SSSR count). The lowest BCUT2D eigenvalue weighted by molar-refractivity contribution is 0.124. The summed E-state index contributed by atoms with van der Waals surface area (Å²) >= 11 is 0. The van der Waals surface area contributed by atoms with Crippen LogP contribution in [0.2, 0.25) is 0 Å². The zero-order valence-electron chi connectivity index (χ0n) is 13.2. The SMILES string of the molecule is CCCC1CCC(N(CCC)CC2CCCN2)CC1. The molecule has 2 fully saturated rings. The molecule has 1 unspecified atom stereocenters. The Labute approximate surface area is 120 Å². The summed E-state index contributed by atoms with van der Waals surface area (Å²) in [7, 11) is 0. The number of nitrogens with one attached hydrogen (secondary N) is 1. The average molecular weight is 266 g/mol. The fourth-order valence-electron chi connectivity index (χ4n) is 4.11. The third-order valence-corrected chi connectivity index (χ3v) is 5.16. The van der Waals surface area contributed by atoms with Crippen LogP contribution < -0.4 is 5.32 Å². The van der Waals surface area contributed by atoms with E-state index in [0.717, 1.165) is 18.0 Å². The molecule has 1 heterocycles. The Morgan fingerprint density at radius 3 is 2.37 bits per heavy atom. The van der Waals surface area contributed by atoms with Gasteiger partial charge in [-0.05, 0) is 64.0 Å². The molecule has 0 aromatic carbocycles. The molecule has 2 aliphatic rings. The average Bonchev–Trinajstić information content (AvgIpc) is 2.93. The number of hydrogen-bond acceptors (Lipinski definition) is 2. The Balaban J connectivity index is 1.78. The molecule has 1 aliphatic heterocycles. The van der Waals surface area contributed by atoms with Crippen LogP contribution in [0.5, 0.6) is 0 Å². The summed E-state index contributed by atoms with van der Waals surface area (Å²) in [4.78, 5) is 2.81. The molecule has 0 aromatic heterocycles. The first-order valence-corrected chi connectivity index (χ1v) is 8.80. The third kappa shape index (κ3) is 4.75. The van der Waals surface area contributed by atoms with Gasteiger partial charge >= 0.3 is 0 Å². The van der Waals surface area contributed by atoms with Crippen LogP contribution in [0.3, 0.4) is 0 Å². The van der Waals surface area contributed by atoms with E-state index in [1.165, 1.54) is 77.4 Å². The van der Waals surface area contributed by atoms with Crippen LogP contribution in [0, 0.1) is 5.92 Å². The van der Waals surface area contributed by atoms with E-state index in [-0.39, 0.29) is 0 Å². The molecule has 1 saturated heterocycles. The van der Waals surface area contributed by atoms with Crippen molar-refractivity contribution in [2.45, 2.75) is 83.7 Å². The van der Waals surface area contributed by atoms with Crippen LogP contribution in [-0.4, -0.2) is 36.6 Å². The van der Waals surface area contributed by atoms with Crippen LogP contribution in [0.1, 0.15) is 71.6 Å². The predicted molar refractivity (Wildman–Crippen MR) is 83.5 cm³/mol. The summed E-state index contributed by atoms with van der Waals surface area (Å²) in [6, 6.07) is 1.66. The van der Waals surface area contributed by atoms with E-state index in [2.05, 4.69) is 24.1 Å². The van der Waals surface area contributed by atoms with Crippen LogP contribution in [0.4, 0.5) is 0 Å². The van der Waals surface area contributed by atoms with Crippen LogP contribution in [0.15, 0.2) is 0 Å². The second-order valence-electron chi connectivity index (χ2n) is 6.75. The second kappa shape index (κ2) is 8.26. The molecule has 0 spiro atoms. The molecule has 1 N–H and O–H groups in total. The van der Waals surface area contributed by atoms with Crippen molar-refractivity contribution in [3.63, 3.8) is 0 Å². The predicted octanol–water partition coefficient (Wildman–Crippen LogP) is 3.81. The lowest BCUT2D eigenvalue weighted by Gasteiger charge is -2.38. The van der Waals surface area contributed by atoms with Gasteiger partial charge in [0.15, 0.2) is 0 Å². The molecule has 0 aromatic rings. The van der Waals surface area contributed by atoms with Crippen molar-refractivity contribution in [1.29, 1.82) is 0 Å². The van der Waals surface area contributed by atoms with E-state index < -0.39 is 0 Å². The van der Waals surface area contributed by atoms with Gasteiger partial charge in [0.2, 0.25) is 0 Å². The molecule has 19 heavy (non-hydrogen) atoms. The highest BCUT2D eigenvalue weighted by molar-refractivity contribution is 4.84. The van der Waals surface area contributed by atoms with Gasteiger partial charge in [-0.3, -0.25) is 4.90 Å². The molecule has 0 amide bonds. The molecule has 112 valence electrons. The largest absolute Gasteiger partial charge is 0.313 e. The smallest absolute Gasteiger partial charge is 0.0195 e. The summed E-state index contributed by atoms with van der Waals surface area (Å²) in [5, 5.41) is 3.67. The van der Waals surface area contributed by atoms with Crippen molar-refractivity contribution in [3.8, 4) is 0 Å². The van der Waals surface area contributed by atoms with Crippen molar-refractivity contribution in [2.75, 3.05) is 19.6 Å². The van der Waals surface area contributed by atoms with Crippen molar-refractivity contribution >= 4 is 0 Å². The molecule has 0 bridgehead atoms. The minimum atomic E-state index is 0.778. The number of nitrogens with zero attached hydrogens (tertiary/aromatic N) is 1. The van der Waals surface area contributed by atoms with E-state index >= 15 is 0 Å².